The normalized spacial score (nSPS) is 13.5. The summed E-state index contributed by atoms with van der Waals surface area (Å²) in [5.41, 5.74) is 1.47. The summed E-state index contributed by atoms with van der Waals surface area (Å²) in [6.07, 6.45) is 0. The van der Waals surface area contributed by atoms with Crippen LogP contribution in [0.4, 0.5) is 0 Å². The summed E-state index contributed by atoms with van der Waals surface area (Å²) < 4.78 is 4.16. The molecule has 0 saturated carbocycles. The van der Waals surface area contributed by atoms with Crippen LogP contribution < -0.4 is 4.67 Å². The number of rotatable bonds is 2. The van der Waals surface area contributed by atoms with Gasteiger partial charge in [-0.2, -0.15) is 0 Å². The van der Waals surface area contributed by atoms with E-state index in [4.69, 9.17) is 87.8 Å². The van der Waals surface area contributed by atoms with Gasteiger partial charge in [0.05, 0.1) is 16.1 Å². The first kappa shape index (κ1) is 24.4. The van der Waals surface area contributed by atoms with Crippen LogP contribution in [0.15, 0.2) is 54.6 Å². The molecule has 0 radical (unpaired) electrons. The zero-order chi connectivity index (χ0) is 19.4. The second kappa shape index (κ2) is 8.77. The third kappa shape index (κ3) is 13.2. The molecule has 0 N–H and O–H groups in total. The van der Waals surface area contributed by atoms with Gasteiger partial charge < -0.3 is 0 Å². The number of hydrogen-bond acceptors (Lipinski definition) is 0. The quantitative estimate of drug-likeness (QED) is 0.182. The Bertz CT molecular complexity index is 796. The Morgan fingerprint density at radius 2 is 1.12 bits per heavy atom. The van der Waals surface area contributed by atoms with Gasteiger partial charge in [-0.25, -0.2) is 0 Å². The van der Waals surface area contributed by atoms with Gasteiger partial charge in [-0.15, -0.1) is 0 Å². The molecule has 0 amide bonds. The molecule has 0 aliphatic carbocycles. The zero-order valence-electron chi connectivity index (χ0n) is 12.0. The summed E-state index contributed by atoms with van der Waals surface area (Å²) in [6, 6.07) is 16.6. The van der Waals surface area contributed by atoms with E-state index in [1.165, 1.54) is 0 Å². The van der Waals surface area contributed by atoms with Crippen molar-refractivity contribution in [3.8, 4) is 0 Å². The van der Waals surface area contributed by atoms with Gasteiger partial charge >= 0.3 is 72.5 Å². The van der Waals surface area contributed by atoms with Crippen LogP contribution >= 0.6 is 87.8 Å². The van der Waals surface area contributed by atoms with E-state index < -0.39 is 9.14 Å². The van der Waals surface area contributed by atoms with Gasteiger partial charge in [0.15, 0.2) is 0 Å². The van der Waals surface area contributed by atoms with E-state index >= 15 is 0 Å². The van der Waals surface area contributed by atoms with Crippen molar-refractivity contribution in [1.29, 1.82) is 0 Å². The Morgan fingerprint density at radius 3 is 1.60 bits per heavy atom. The molecule has 0 aliphatic rings. The van der Waals surface area contributed by atoms with Crippen molar-refractivity contribution >= 4 is 107 Å². The van der Waals surface area contributed by atoms with Crippen molar-refractivity contribution in [1.82, 2.24) is 4.67 Å². The summed E-state index contributed by atoms with van der Waals surface area (Å²) in [4.78, 5) is 0. The molecule has 0 atom stereocenters. The van der Waals surface area contributed by atoms with Crippen molar-refractivity contribution in [2.75, 3.05) is 0 Å². The van der Waals surface area contributed by atoms with Gasteiger partial charge in [-0.3, -0.25) is 0 Å². The van der Waals surface area contributed by atoms with E-state index in [-0.39, 0.29) is 5.17 Å². The Balaban J connectivity index is 0.000000381. The first-order valence-corrected chi connectivity index (χ1v) is 26.8. The van der Waals surface area contributed by atoms with Crippen molar-refractivity contribution in [3.05, 3.63) is 70.7 Å². The van der Waals surface area contributed by atoms with E-state index in [0.29, 0.717) is 15.8 Å². The average molecular weight is 632 g/mol. The van der Waals surface area contributed by atoms with Gasteiger partial charge in [0.25, 0.3) is 0 Å². The van der Waals surface area contributed by atoms with Crippen LogP contribution in [0, 0.1) is 0 Å². The Hall–Kier alpha value is 1.32. The van der Waals surface area contributed by atoms with Crippen LogP contribution in [0.5, 0.6) is 0 Å². The second-order valence-electron chi connectivity index (χ2n) is 4.50. The predicted molar refractivity (Wildman–Crippen MR) is 121 cm³/mol. The van der Waals surface area contributed by atoms with Crippen LogP contribution in [0.1, 0.15) is 11.1 Å². The molecule has 2 aromatic rings. The SMILES string of the molecule is ClC(=[N+]=C(Cl)c1ccccc1Cl)c1ccccc1.[Cl][Sb-]([Cl])([Cl])([Cl])([Cl])[Cl]. The Morgan fingerprint density at radius 1 is 0.680 bits per heavy atom. The molecular formula is C14H9Cl9NSb. The van der Waals surface area contributed by atoms with E-state index in [0.717, 1.165) is 5.56 Å². The fourth-order valence-electron chi connectivity index (χ4n) is 1.42. The predicted octanol–water partition coefficient (Wildman–Crippen LogP) is 7.83. The molecule has 2 aromatic carbocycles. The zero-order valence-corrected chi connectivity index (χ0v) is 21.3. The molecule has 0 fully saturated rings. The molecule has 2 rings (SSSR count). The summed E-state index contributed by atoms with van der Waals surface area (Å²) in [7, 11) is 25.0. The van der Waals surface area contributed by atoms with Crippen LogP contribution in [0.25, 0.3) is 0 Å². The van der Waals surface area contributed by atoms with Gasteiger partial charge in [0.1, 0.15) is 0 Å². The third-order valence-corrected chi connectivity index (χ3v) is 3.22. The second-order valence-corrected chi connectivity index (χ2v) is 62.5. The molecule has 0 heterocycles. The van der Waals surface area contributed by atoms with Crippen molar-refractivity contribution in [3.63, 3.8) is 0 Å². The molecule has 0 aromatic heterocycles. The van der Waals surface area contributed by atoms with Gasteiger partial charge in [0, 0.05) is 23.2 Å². The Kier molecular flexibility index (Phi) is 8.54. The molecule has 11 heteroatoms. The fourth-order valence-corrected chi connectivity index (χ4v) is 2.19. The first-order chi connectivity index (χ1) is 11.1. The van der Waals surface area contributed by atoms with Gasteiger partial charge in [-0.1, -0.05) is 46.6 Å². The molecule has 0 aliphatic heterocycles. The molecule has 0 spiro atoms. The fraction of sp³-hybridized carbons (Fsp3) is 0. The molecule has 0 bridgehead atoms. The maximum atomic E-state index is 6.12. The van der Waals surface area contributed by atoms with Crippen molar-refractivity contribution < 1.29 is 0 Å². The summed E-state index contributed by atoms with van der Waals surface area (Å²) in [5, 5.41) is 1.15. The van der Waals surface area contributed by atoms with Gasteiger partial charge in [0.2, 0.25) is 0 Å². The van der Waals surface area contributed by atoms with Crippen molar-refractivity contribution in [2.24, 2.45) is 0 Å². The van der Waals surface area contributed by atoms with Crippen LogP contribution in [-0.2, 0) is 0 Å². The molecule has 1 nitrogen and oxygen atoms in total. The number of halogens is 9. The first-order valence-electron chi connectivity index (χ1n) is 6.27. The van der Waals surface area contributed by atoms with Crippen LogP contribution in [0.3, 0.4) is 0 Å². The van der Waals surface area contributed by atoms with E-state index in [1.54, 1.807) is 12.1 Å². The molecule has 0 saturated heterocycles. The van der Waals surface area contributed by atoms with Crippen LogP contribution in [0.2, 0.25) is 5.02 Å². The number of nitrogens with zero attached hydrogens (tertiary/aromatic N) is 1. The summed E-state index contributed by atoms with van der Waals surface area (Å²) >= 11 is 18.3. The molecular weight excluding hydrogens is 623 g/mol. The minimum absolute atomic E-state index is 0.273. The van der Waals surface area contributed by atoms with Gasteiger partial charge in [-0.05, 0) is 24.3 Å². The Labute approximate surface area is 180 Å². The summed E-state index contributed by atoms with van der Waals surface area (Å²) in [6.45, 7) is 0. The number of benzene rings is 2. The topological polar surface area (TPSA) is 14.1 Å². The standard InChI is InChI=1S/C14H9Cl3N.6ClH.Sb/c15-12-9-5-4-8-11(12)14(17)18-13(16)10-6-2-1-3-7-10;;;;;;;/h1-9H;6*1H;/q+1;;;;;;;+5/p-6. The van der Waals surface area contributed by atoms with Crippen molar-refractivity contribution in [2.45, 2.75) is 0 Å². The van der Waals surface area contributed by atoms with E-state index in [9.17, 15) is 0 Å². The molecule has 0 unspecified atom stereocenters. The van der Waals surface area contributed by atoms with E-state index in [2.05, 4.69) is 4.67 Å². The van der Waals surface area contributed by atoms with Crippen LogP contribution in [-0.4, -0.2) is 19.5 Å². The molecule has 25 heavy (non-hydrogen) atoms. The maximum absolute atomic E-state index is 6.12. The third-order valence-electron chi connectivity index (χ3n) is 2.30. The monoisotopic (exact) mass is 627 g/mol. The van der Waals surface area contributed by atoms with E-state index in [1.807, 2.05) is 42.5 Å². The summed E-state index contributed by atoms with van der Waals surface area (Å²) in [5.74, 6) is 0. The average Bonchev–Trinajstić information content (AvgIpc) is 2.45. The number of hydrogen-bond donors (Lipinski definition) is 0. The molecule has 138 valence electrons. The minimum atomic E-state index is -5.42.